The Balaban J connectivity index is 2.30. The van der Waals surface area contributed by atoms with Gasteiger partial charge in [0.25, 0.3) is 0 Å². The number of nitriles is 2. The van der Waals surface area contributed by atoms with Crippen molar-refractivity contribution in [3.8, 4) is 18.0 Å². The Morgan fingerprint density at radius 1 is 1.29 bits per heavy atom. The predicted octanol–water partition coefficient (Wildman–Crippen LogP) is 2.87. The molecule has 31 heavy (non-hydrogen) atoms. The number of hydrogen-bond acceptors (Lipinski definition) is 9. The standard InChI is InChI=1S/C19H17F3N8O/c1-2-5-31-12-4-3-9(19(20,21)22)6-10(12)15-13-14(25)11(7-23)16(26)29-17(13)30-18(28-15)27-8-24/h3-4,6,15H,2,5H2,1H3,(H6,25,26,27,28,29,30). The van der Waals surface area contributed by atoms with Crippen LogP contribution in [0.2, 0.25) is 0 Å². The number of ether oxygens (including phenoxy) is 1. The number of alkyl halides is 3. The molecular formula is C19H17F3N8O. The van der Waals surface area contributed by atoms with Crippen LogP contribution in [-0.4, -0.2) is 17.6 Å². The van der Waals surface area contributed by atoms with E-state index in [9.17, 15) is 18.4 Å². The Hall–Kier alpha value is -4.19. The summed E-state index contributed by atoms with van der Waals surface area (Å²) in [5.41, 5.74) is 11.0. The van der Waals surface area contributed by atoms with Gasteiger partial charge in [0.1, 0.15) is 35.1 Å². The molecule has 0 spiro atoms. The van der Waals surface area contributed by atoms with Crippen LogP contribution >= 0.6 is 0 Å². The average molecular weight is 430 g/mol. The largest absolute Gasteiger partial charge is 0.493 e. The molecule has 0 saturated heterocycles. The van der Waals surface area contributed by atoms with Gasteiger partial charge < -0.3 is 21.5 Å². The third-order valence-electron chi connectivity index (χ3n) is 4.45. The van der Waals surface area contributed by atoms with Gasteiger partial charge in [0.15, 0.2) is 6.19 Å². The minimum Gasteiger partial charge on any atom is -0.493 e. The van der Waals surface area contributed by atoms with E-state index in [1.165, 1.54) is 6.07 Å². The minimum absolute atomic E-state index is 0.0467. The lowest BCUT2D eigenvalue weighted by atomic mass is 9.93. The van der Waals surface area contributed by atoms with E-state index in [4.69, 9.17) is 21.5 Å². The molecule has 0 bridgehead atoms. The Kier molecular flexibility index (Phi) is 5.75. The van der Waals surface area contributed by atoms with Gasteiger partial charge in [-0.2, -0.15) is 23.7 Å². The maximum Gasteiger partial charge on any atom is 0.416 e. The first-order valence-corrected chi connectivity index (χ1v) is 9.04. The van der Waals surface area contributed by atoms with Gasteiger partial charge in [0.2, 0.25) is 5.96 Å². The Morgan fingerprint density at radius 3 is 2.65 bits per heavy atom. The van der Waals surface area contributed by atoms with Crippen molar-refractivity contribution in [3.05, 3.63) is 40.5 Å². The van der Waals surface area contributed by atoms with Crippen LogP contribution in [0.3, 0.4) is 0 Å². The molecule has 0 aliphatic carbocycles. The highest BCUT2D eigenvalue weighted by molar-refractivity contribution is 5.98. The SMILES string of the molecule is CCCOc1ccc(C(F)(F)F)cc1C1N=C(NC#N)Nc2nc(N)c(C#N)c(N)c21. The van der Waals surface area contributed by atoms with Crippen LogP contribution in [-0.2, 0) is 6.18 Å². The second kappa shape index (κ2) is 8.28. The van der Waals surface area contributed by atoms with Crippen molar-refractivity contribution in [2.24, 2.45) is 4.99 Å². The van der Waals surface area contributed by atoms with Crippen molar-refractivity contribution in [3.63, 3.8) is 0 Å². The van der Waals surface area contributed by atoms with Gasteiger partial charge in [-0.25, -0.2) is 9.98 Å². The third kappa shape index (κ3) is 4.09. The molecule has 6 N–H and O–H groups in total. The summed E-state index contributed by atoms with van der Waals surface area (Å²) < 4.78 is 45.9. The number of guanidine groups is 1. The van der Waals surface area contributed by atoms with Crippen LogP contribution in [0.5, 0.6) is 5.75 Å². The summed E-state index contributed by atoms with van der Waals surface area (Å²) in [6, 6.07) is 3.70. The molecule has 12 heteroatoms. The maximum absolute atomic E-state index is 13.4. The molecule has 0 saturated carbocycles. The molecule has 3 rings (SSSR count). The Labute approximate surface area is 175 Å². The second-order valence-electron chi connectivity index (χ2n) is 6.50. The maximum atomic E-state index is 13.4. The summed E-state index contributed by atoms with van der Waals surface area (Å²) in [7, 11) is 0. The minimum atomic E-state index is -4.62. The highest BCUT2D eigenvalue weighted by atomic mass is 19.4. The number of aliphatic imine (C=N–C) groups is 1. The third-order valence-corrected chi connectivity index (χ3v) is 4.45. The molecule has 0 amide bonds. The molecule has 160 valence electrons. The lowest BCUT2D eigenvalue weighted by Gasteiger charge is -2.27. The fourth-order valence-corrected chi connectivity index (χ4v) is 3.09. The number of hydrogen-bond donors (Lipinski definition) is 4. The summed E-state index contributed by atoms with van der Waals surface area (Å²) in [6.45, 7) is 2.10. The normalized spacial score (nSPS) is 15.0. The number of nitrogens with two attached hydrogens (primary N) is 2. The molecule has 1 unspecified atom stereocenters. The predicted molar refractivity (Wildman–Crippen MR) is 107 cm³/mol. The van der Waals surface area contributed by atoms with Crippen LogP contribution in [0.25, 0.3) is 0 Å². The lowest BCUT2D eigenvalue weighted by molar-refractivity contribution is -0.137. The summed E-state index contributed by atoms with van der Waals surface area (Å²) in [5.74, 6) is -0.0299. The molecule has 0 radical (unpaired) electrons. The zero-order chi connectivity index (χ0) is 22.8. The van der Waals surface area contributed by atoms with Gasteiger partial charge in [-0.3, -0.25) is 5.32 Å². The molecule has 1 aliphatic rings. The van der Waals surface area contributed by atoms with Crippen molar-refractivity contribution in [2.75, 3.05) is 23.4 Å². The number of pyridine rings is 1. The molecule has 2 aromatic rings. The van der Waals surface area contributed by atoms with Gasteiger partial charge in [0, 0.05) is 11.1 Å². The van der Waals surface area contributed by atoms with Crippen molar-refractivity contribution >= 4 is 23.3 Å². The number of aromatic nitrogens is 1. The highest BCUT2D eigenvalue weighted by Gasteiger charge is 2.35. The molecule has 1 aromatic heterocycles. The van der Waals surface area contributed by atoms with Crippen LogP contribution < -0.4 is 26.8 Å². The first-order chi connectivity index (χ1) is 14.7. The summed E-state index contributed by atoms with van der Waals surface area (Å²) in [4.78, 5) is 8.38. The molecular weight excluding hydrogens is 413 g/mol. The monoisotopic (exact) mass is 430 g/mol. The molecule has 1 aromatic carbocycles. The quantitative estimate of drug-likeness (QED) is 0.426. The number of halogens is 3. The van der Waals surface area contributed by atoms with E-state index < -0.39 is 17.8 Å². The van der Waals surface area contributed by atoms with Crippen molar-refractivity contribution < 1.29 is 17.9 Å². The van der Waals surface area contributed by atoms with E-state index in [0.717, 1.165) is 12.1 Å². The Morgan fingerprint density at radius 2 is 2.03 bits per heavy atom. The summed E-state index contributed by atoms with van der Waals surface area (Å²) >= 11 is 0. The number of nitrogen functional groups attached to an aromatic ring is 2. The number of nitrogens with one attached hydrogen (secondary N) is 2. The molecule has 2 heterocycles. The van der Waals surface area contributed by atoms with Gasteiger partial charge in [0.05, 0.1) is 17.9 Å². The van der Waals surface area contributed by atoms with E-state index in [2.05, 4.69) is 20.6 Å². The van der Waals surface area contributed by atoms with Crippen LogP contribution in [0, 0.1) is 22.8 Å². The van der Waals surface area contributed by atoms with E-state index in [1.54, 1.807) is 6.19 Å². The Bertz CT molecular complexity index is 1130. The van der Waals surface area contributed by atoms with Gasteiger partial charge in [-0.05, 0) is 24.6 Å². The topological polar surface area (TPSA) is 158 Å². The molecule has 0 fully saturated rings. The molecule has 9 nitrogen and oxygen atoms in total. The molecule has 1 aliphatic heterocycles. The van der Waals surface area contributed by atoms with Crippen LogP contribution in [0.15, 0.2) is 23.2 Å². The zero-order valence-electron chi connectivity index (χ0n) is 16.2. The van der Waals surface area contributed by atoms with E-state index in [1.807, 2.05) is 13.0 Å². The number of fused-ring (bicyclic) bond motifs is 1. The average Bonchev–Trinajstić information content (AvgIpc) is 2.71. The highest BCUT2D eigenvalue weighted by Crippen LogP contribution is 2.44. The zero-order valence-corrected chi connectivity index (χ0v) is 16.2. The molecule has 1 atom stereocenters. The van der Waals surface area contributed by atoms with Gasteiger partial charge >= 0.3 is 6.18 Å². The van der Waals surface area contributed by atoms with Gasteiger partial charge in [-0.15, -0.1) is 0 Å². The van der Waals surface area contributed by atoms with Gasteiger partial charge in [-0.1, -0.05) is 6.92 Å². The number of nitrogens with zero attached hydrogens (tertiary/aromatic N) is 4. The van der Waals surface area contributed by atoms with Crippen LogP contribution in [0.1, 0.15) is 41.6 Å². The van der Waals surface area contributed by atoms with Crippen molar-refractivity contribution in [2.45, 2.75) is 25.6 Å². The first kappa shape index (κ1) is 21.5. The first-order valence-electron chi connectivity index (χ1n) is 9.04. The van der Waals surface area contributed by atoms with E-state index in [-0.39, 0.29) is 52.3 Å². The van der Waals surface area contributed by atoms with E-state index >= 15 is 0 Å². The van der Waals surface area contributed by atoms with Crippen molar-refractivity contribution in [1.29, 1.82) is 10.5 Å². The second-order valence-corrected chi connectivity index (χ2v) is 6.50. The van der Waals surface area contributed by atoms with Crippen molar-refractivity contribution in [1.82, 2.24) is 10.3 Å². The van der Waals surface area contributed by atoms with E-state index in [0.29, 0.717) is 6.42 Å². The lowest BCUT2D eigenvalue weighted by Crippen LogP contribution is -2.33. The van der Waals surface area contributed by atoms with Crippen LogP contribution in [0.4, 0.5) is 30.5 Å². The number of benzene rings is 1. The number of rotatable bonds is 4. The fraction of sp³-hybridized carbons (Fsp3) is 0.263. The number of anilines is 3. The summed E-state index contributed by atoms with van der Waals surface area (Å²) in [6.07, 6.45) is -2.32. The summed E-state index contributed by atoms with van der Waals surface area (Å²) in [5, 5.41) is 23.4. The fourth-order valence-electron chi connectivity index (χ4n) is 3.09. The smallest absolute Gasteiger partial charge is 0.416 e.